The summed E-state index contributed by atoms with van der Waals surface area (Å²) in [5.41, 5.74) is 3.59. The summed E-state index contributed by atoms with van der Waals surface area (Å²) in [6, 6.07) is 7.43. The Morgan fingerprint density at radius 3 is 2.74 bits per heavy atom. The molecule has 0 unspecified atom stereocenters. The number of oxazole rings is 1. The van der Waals surface area contributed by atoms with Gasteiger partial charge in [-0.25, -0.2) is 10.4 Å². The summed E-state index contributed by atoms with van der Waals surface area (Å²) >= 11 is 0. The van der Waals surface area contributed by atoms with E-state index in [1.165, 1.54) is 0 Å². The van der Waals surface area contributed by atoms with E-state index in [0.29, 0.717) is 17.4 Å². The Bertz CT molecular complexity index is 744. The molecule has 1 aromatic heterocycles. The highest BCUT2D eigenvalue weighted by Crippen LogP contribution is 2.29. The van der Waals surface area contributed by atoms with E-state index < -0.39 is 0 Å². The summed E-state index contributed by atoms with van der Waals surface area (Å²) in [6.45, 7) is 3.86. The largest absolute Gasteiger partial charge is 0.493 e. The molecule has 0 atom stereocenters. The predicted molar refractivity (Wildman–Crippen MR) is 86.1 cm³/mol. The summed E-state index contributed by atoms with van der Waals surface area (Å²) in [7, 11) is 3.12. The smallest absolute Gasteiger partial charge is 0.252 e. The summed E-state index contributed by atoms with van der Waals surface area (Å²) in [4.78, 5) is 4.11. The molecule has 0 bridgehead atoms. The molecule has 23 heavy (non-hydrogen) atoms. The number of ether oxygens (including phenoxy) is 2. The summed E-state index contributed by atoms with van der Waals surface area (Å²) in [5, 5.41) is 13.2. The fraction of sp³-hybridized carbons (Fsp3) is 0.312. The molecule has 0 radical (unpaired) electrons. The SMILES string of the molecule is COc1cccc(C=NNc2oc(C(C)C)nc2C#N)c1OC. The maximum absolute atomic E-state index is 9.08. The highest BCUT2D eigenvalue weighted by atomic mass is 16.5. The number of nitriles is 1. The summed E-state index contributed by atoms with van der Waals surface area (Å²) in [5.74, 6) is 1.96. The maximum atomic E-state index is 9.08. The summed E-state index contributed by atoms with van der Waals surface area (Å²) < 4.78 is 16.0. The molecule has 0 aliphatic heterocycles. The van der Waals surface area contributed by atoms with Crippen molar-refractivity contribution in [2.45, 2.75) is 19.8 Å². The van der Waals surface area contributed by atoms with Crippen molar-refractivity contribution in [3.63, 3.8) is 0 Å². The van der Waals surface area contributed by atoms with Crippen LogP contribution in [-0.4, -0.2) is 25.4 Å². The number of para-hydroxylation sites is 1. The first kappa shape index (κ1) is 16.4. The minimum absolute atomic E-state index is 0.0834. The molecule has 7 heteroatoms. The number of benzene rings is 1. The third kappa shape index (κ3) is 3.61. The normalized spacial score (nSPS) is 10.8. The van der Waals surface area contributed by atoms with Crippen LogP contribution in [0.15, 0.2) is 27.7 Å². The van der Waals surface area contributed by atoms with Crippen molar-refractivity contribution < 1.29 is 13.9 Å². The molecular weight excluding hydrogens is 296 g/mol. The predicted octanol–water partition coefficient (Wildman–Crippen LogP) is 3.13. The Labute approximate surface area is 134 Å². The second kappa shape index (κ2) is 7.31. The van der Waals surface area contributed by atoms with Crippen molar-refractivity contribution in [3.05, 3.63) is 35.3 Å². The topological polar surface area (TPSA) is 92.7 Å². The van der Waals surface area contributed by atoms with Crippen molar-refractivity contribution in [1.29, 1.82) is 5.26 Å². The van der Waals surface area contributed by atoms with Crippen LogP contribution in [0.4, 0.5) is 5.88 Å². The van der Waals surface area contributed by atoms with Gasteiger partial charge in [0.2, 0.25) is 11.6 Å². The highest BCUT2D eigenvalue weighted by molar-refractivity contribution is 5.85. The lowest BCUT2D eigenvalue weighted by Crippen LogP contribution is -1.97. The van der Waals surface area contributed by atoms with Crippen LogP contribution in [0.3, 0.4) is 0 Å². The molecule has 7 nitrogen and oxygen atoms in total. The summed E-state index contributed by atoms with van der Waals surface area (Å²) in [6.07, 6.45) is 1.56. The van der Waals surface area contributed by atoms with Crippen molar-refractivity contribution in [2.75, 3.05) is 19.6 Å². The van der Waals surface area contributed by atoms with Crippen molar-refractivity contribution in [2.24, 2.45) is 5.10 Å². The van der Waals surface area contributed by atoms with Gasteiger partial charge >= 0.3 is 0 Å². The average Bonchev–Trinajstić information content (AvgIpc) is 2.98. The quantitative estimate of drug-likeness (QED) is 0.650. The lowest BCUT2D eigenvalue weighted by Gasteiger charge is -2.09. The number of hydrazone groups is 1. The molecule has 0 aliphatic rings. The molecular formula is C16H18N4O3. The Kier molecular flexibility index (Phi) is 5.20. The van der Waals surface area contributed by atoms with Gasteiger partial charge in [-0.3, -0.25) is 0 Å². The zero-order valence-electron chi connectivity index (χ0n) is 13.5. The van der Waals surface area contributed by atoms with Gasteiger partial charge in [0.25, 0.3) is 5.88 Å². The second-order valence-electron chi connectivity index (χ2n) is 4.95. The fourth-order valence-corrected chi connectivity index (χ4v) is 1.91. The van der Waals surface area contributed by atoms with Crippen LogP contribution >= 0.6 is 0 Å². The third-order valence-electron chi connectivity index (χ3n) is 3.05. The molecule has 2 aromatic rings. The van der Waals surface area contributed by atoms with E-state index in [4.69, 9.17) is 19.2 Å². The van der Waals surface area contributed by atoms with Gasteiger partial charge in [-0.2, -0.15) is 10.4 Å². The van der Waals surface area contributed by atoms with Gasteiger partial charge in [-0.05, 0) is 12.1 Å². The average molecular weight is 314 g/mol. The molecule has 2 rings (SSSR count). The van der Waals surface area contributed by atoms with Crippen LogP contribution in [0.1, 0.15) is 36.9 Å². The van der Waals surface area contributed by atoms with E-state index >= 15 is 0 Å². The first-order valence-electron chi connectivity index (χ1n) is 7.01. The second-order valence-corrected chi connectivity index (χ2v) is 4.95. The van der Waals surface area contributed by atoms with Gasteiger partial charge < -0.3 is 13.9 Å². The molecule has 1 N–H and O–H groups in total. The van der Waals surface area contributed by atoms with E-state index in [2.05, 4.69) is 15.5 Å². The minimum atomic E-state index is 0.0834. The fourth-order valence-electron chi connectivity index (χ4n) is 1.91. The van der Waals surface area contributed by atoms with Crippen molar-refractivity contribution >= 4 is 12.1 Å². The number of nitrogens with one attached hydrogen (secondary N) is 1. The lowest BCUT2D eigenvalue weighted by molar-refractivity contribution is 0.354. The van der Waals surface area contributed by atoms with Gasteiger partial charge in [-0.15, -0.1) is 0 Å². The van der Waals surface area contributed by atoms with E-state index in [1.807, 2.05) is 32.0 Å². The van der Waals surface area contributed by atoms with Crippen LogP contribution in [-0.2, 0) is 0 Å². The molecule has 120 valence electrons. The molecule has 0 spiro atoms. The van der Waals surface area contributed by atoms with E-state index in [0.717, 1.165) is 5.56 Å². The molecule has 0 saturated heterocycles. The van der Waals surface area contributed by atoms with Gasteiger partial charge in [-0.1, -0.05) is 19.9 Å². The Morgan fingerprint density at radius 1 is 1.35 bits per heavy atom. The number of anilines is 1. The zero-order valence-corrected chi connectivity index (χ0v) is 13.5. The Balaban J connectivity index is 2.21. The van der Waals surface area contributed by atoms with E-state index in [1.54, 1.807) is 26.5 Å². The molecule has 0 aliphatic carbocycles. The molecule has 0 amide bonds. The number of methoxy groups -OCH3 is 2. The highest BCUT2D eigenvalue weighted by Gasteiger charge is 2.15. The van der Waals surface area contributed by atoms with Gasteiger partial charge in [0.05, 0.1) is 20.4 Å². The van der Waals surface area contributed by atoms with Gasteiger partial charge in [0.15, 0.2) is 11.5 Å². The number of rotatable bonds is 6. The maximum Gasteiger partial charge on any atom is 0.252 e. The molecule has 1 heterocycles. The Hall–Kier alpha value is -3.01. The van der Waals surface area contributed by atoms with E-state index in [-0.39, 0.29) is 17.5 Å². The zero-order chi connectivity index (χ0) is 16.8. The first-order chi connectivity index (χ1) is 11.1. The van der Waals surface area contributed by atoms with Crippen molar-refractivity contribution in [1.82, 2.24) is 4.98 Å². The number of hydrogen-bond acceptors (Lipinski definition) is 7. The van der Waals surface area contributed by atoms with Crippen LogP contribution in [0, 0.1) is 11.3 Å². The monoisotopic (exact) mass is 314 g/mol. The lowest BCUT2D eigenvalue weighted by atomic mass is 10.2. The van der Waals surface area contributed by atoms with Gasteiger partial charge in [0, 0.05) is 11.5 Å². The standard InChI is InChI=1S/C16H18N4O3/c1-10(2)15-19-12(8-17)16(23-15)20-18-9-11-6-5-7-13(21-3)14(11)22-4/h5-7,9-10,20H,1-4H3. The Morgan fingerprint density at radius 2 is 2.13 bits per heavy atom. The number of aromatic nitrogens is 1. The molecule has 1 aromatic carbocycles. The molecule has 0 saturated carbocycles. The minimum Gasteiger partial charge on any atom is -0.493 e. The van der Waals surface area contributed by atoms with Gasteiger partial charge in [0.1, 0.15) is 6.07 Å². The first-order valence-corrected chi connectivity index (χ1v) is 7.01. The van der Waals surface area contributed by atoms with Crippen LogP contribution in [0.5, 0.6) is 11.5 Å². The number of hydrogen-bond donors (Lipinski definition) is 1. The number of nitrogens with zero attached hydrogens (tertiary/aromatic N) is 3. The third-order valence-corrected chi connectivity index (χ3v) is 3.05. The van der Waals surface area contributed by atoms with Crippen LogP contribution in [0.2, 0.25) is 0 Å². The van der Waals surface area contributed by atoms with Crippen molar-refractivity contribution in [3.8, 4) is 17.6 Å². The molecule has 0 fully saturated rings. The van der Waals surface area contributed by atoms with Crippen LogP contribution in [0.25, 0.3) is 0 Å². The van der Waals surface area contributed by atoms with E-state index in [9.17, 15) is 0 Å². The van der Waals surface area contributed by atoms with Crippen LogP contribution < -0.4 is 14.9 Å².